The number of methoxy groups -OCH3 is 1. The molecule has 0 amide bonds. The van der Waals surface area contributed by atoms with Crippen LogP contribution in [-0.4, -0.2) is 27.1 Å². The van der Waals surface area contributed by atoms with Gasteiger partial charge in [-0.3, -0.25) is 0 Å². The molecule has 0 fully saturated rings. The van der Waals surface area contributed by atoms with Gasteiger partial charge < -0.3 is 14.0 Å². The van der Waals surface area contributed by atoms with Gasteiger partial charge in [-0.2, -0.15) is 13.2 Å². The molecule has 0 saturated carbocycles. The summed E-state index contributed by atoms with van der Waals surface area (Å²) in [6, 6.07) is 25.3. The van der Waals surface area contributed by atoms with E-state index in [1.54, 1.807) is 0 Å². The number of hydrogen-bond donors (Lipinski definition) is 0. The zero-order valence-corrected chi connectivity index (χ0v) is 19.0. The maximum absolute atomic E-state index is 13.0. The lowest BCUT2D eigenvalue weighted by atomic mass is 9.90. The highest BCUT2D eigenvalue weighted by Gasteiger charge is 2.46. The fourth-order valence-corrected chi connectivity index (χ4v) is 5.47. The number of alkyl halides is 3. The molecule has 3 aromatic carbocycles. The maximum Gasteiger partial charge on any atom is 0.416 e. The van der Waals surface area contributed by atoms with Gasteiger partial charge in [-0.15, -0.1) is 0 Å². The molecule has 0 saturated heterocycles. The van der Waals surface area contributed by atoms with Crippen LogP contribution in [0, 0.1) is 0 Å². The molecule has 0 aliphatic heterocycles. The van der Waals surface area contributed by atoms with E-state index in [9.17, 15) is 13.2 Å². The molecule has 1 unspecified atom stereocenters. The molecule has 4 rings (SSSR count). The van der Waals surface area contributed by atoms with Crippen molar-refractivity contribution in [3.05, 3.63) is 108 Å². The minimum Gasteiger partial charge on any atom is -0.359 e. The first kappa shape index (κ1) is 23.7. The van der Waals surface area contributed by atoms with Crippen molar-refractivity contribution in [2.24, 2.45) is 0 Å². The molecule has 0 bridgehead atoms. The van der Waals surface area contributed by atoms with Crippen molar-refractivity contribution < 1.29 is 27.2 Å². The predicted molar refractivity (Wildman–Crippen MR) is 124 cm³/mol. The largest absolute Gasteiger partial charge is 0.416 e. The molecule has 3 aromatic rings. The standard InChI is InChI=1S/C26H24F3O3P/c1-30-19-31-18-25(20-12-14-21(15-13-20)26(27,28)29)16-22(25)17-32-33(23-8-4-2-5-9-23)24-10-6-3-7-11-24/h2-16H,17-19H2,1H3. The molecule has 0 N–H and O–H groups in total. The van der Waals surface area contributed by atoms with Crippen molar-refractivity contribution in [1.29, 1.82) is 0 Å². The summed E-state index contributed by atoms with van der Waals surface area (Å²) >= 11 is 0. The first-order chi connectivity index (χ1) is 15.9. The lowest BCUT2D eigenvalue weighted by Gasteiger charge is -2.22. The maximum atomic E-state index is 13.0. The Balaban J connectivity index is 1.53. The average molecular weight is 472 g/mol. The third-order valence-electron chi connectivity index (χ3n) is 5.50. The average Bonchev–Trinajstić information content (AvgIpc) is 3.54. The van der Waals surface area contributed by atoms with E-state index in [4.69, 9.17) is 14.0 Å². The lowest BCUT2D eigenvalue weighted by molar-refractivity contribution is -0.137. The Morgan fingerprint density at radius 1 is 0.818 bits per heavy atom. The van der Waals surface area contributed by atoms with Gasteiger partial charge >= 0.3 is 6.18 Å². The molecule has 1 atom stereocenters. The van der Waals surface area contributed by atoms with Crippen LogP contribution in [0.5, 0.6) is 0 Å². The molecule has 0 aromatic heterocycles. The molecule has 7 heteroatoms. The molecule has 3 nitrogen and oxygen atoms in total. The van der Waals surface area contributed by atoms with Crippen molar-refractivity contribution in [2.45, 2.75) is 11.6 Å². The van der Waals surface area contributed by atoms with Crippen molar-refractivity contribution in [3.63, 3.8) is 0 Å². The minimum atomic E-state index is -4.37. The Hall–Kier alpha value is -2.50. The second kappa shape index (κ2) is 10.2. The fourth-order valence-electron chi connectivity index (χ4n) is 3.72. The van der Waals surface area contributed by atoms with E-state index in [1.165, 1.54) is 19.2 Å². The predicted octanol–water partition coefficient (Wildman–Crippen LogP) is 5.57. The Kier molecular flexibility index (Phi) is 7.30. The highest BCUT2D eigenvalue weighted by atomic mass is 31.1. The molecule has 1 aliphatic carbocycles. The third-order valence-corrected chi connectivity index (χ3v) is 7.42. The zero-order chi connectivity index (χ0) is 23.3. The fraction of sp³-hybridized carbons (Fsp3) is 0.231. The van der Waals surface area contributed by atoms with Gasteiger partial charge in [0.25, 0.3) is 0 Å². The SMILES string of the molecule is COCOCC1(c2ccc(C(F)(F)F)cc2)C=C1COP(c1ccccc1)c1ccccc1. The molecule has 0 spiro atoms. The quantitative estimate of drug-likeness (QED) is 0.167. The number of benzene rings is 3. The van der Waals surface area contributed by atoms with E-state index in [2.05, 4.69) is 0 Å². The number of hydrogen-bond acceptors (Lipinski definition) is 3. The van der Waals surface area contributed by atoms with Gasteiger partial charge in [0, 0.05) is 17.7 Å². The Bertz CT molecular complexity index is 1030. The summed E-state index contributed by atoms with van der Waals surface area (Å²) in [6.07, 6.45) is -2.36. The van der Waals surface area contributed by atoms with E-state index >= 15 is 0 Å². The molecule has 1 aliphatic rings. The molecular weight excluding hydrogens is 448 g/mol. The molecular formula is C26H24F3O3P. The highest BCUT2D eigenvalue weighted by Crippen LogP contribution is 2.49. The van der Waals surface area contributed by atoms with Crippen LogP contribution in [0.4, 0.5) is 13.2 Å². The van der Waals surface area contributed by atoms with Gasteiger partial charge in [-0.25, -0.2) is 0 Å². The van der Waals surface area contributed by atoms with Crippen LogP contribution in [0.2, 0.25) is 0 Å². The third kappa shape index (κ3) is 5.53. The summed E-state index contributed by atoms with van der Waals surface area (Å²) in [7, 11) is 0.484. The lowest BCUT2D eigenvalue weighted by Crippen LogP contribution is -2.23. The van der Waals surface area contributed by atoms with Crippen LogP contribution in [0.1, 0.15) is 11.1 Å². The highest BCUT2D eigenvalue weighted by molar-refractivity contribution is 7.68. The van der Waals surface area contributed by atoms with Crippen LogP contribution in [0.25, 0.3) is 0 Å². The van der Waals surface area contributed by atoms with Crippen LogP contribution < -0.4 is 10.6 Å². The minimum absolute atomic E-state index is 0.102. The van der Waals surface area contributed by atoms with Gasteiger partial charge in [-0.1, -0.05) is 78.9 Å². The summed E-state index contributed by atoms with van der Waals surface area (Å²) in [5.41, 5.74) is 0.470. The van der Waals surface area contributed by atoms with Crippen molar-refractivity contribution in [3.8, 4) is 0 Å². The van der Waals surface area contributed by atoms with E-state index < -0.39 is 25.3 Å². The van der Waals surface area contributed by atoms with E-state index in [0.29, 0.717) is 6.61 Å². The normalized spacial score (nSPS) is 17.8. The molecule has 172 valence electrons. The van der Waals surface area contributed by atoms with E-state index in [1.807, 2.05) is 66.7 Å². The smallest absolute Gasteiger partial charge is 0.359 e. The van der Waals surface area contributed by atoms with Gasteiger partial charge in [0.05, 0.1) is 32.3 Å². The number of rotatable bonds is 10. The first-order valence-electron chi connectivity index (χ1n) is 10.4. The van der Waals surface area contributed by atoms with Crippen LogP contribution in [-0.2, 0) is 25.6 Å². The Morgan fingerprint density at radius 3 is 1.91 bits per heavy atom. The zero-order valence-electron chi connectivity index (χ0n) is 18.1. The molecule has 33 heavy (non-hydrogen) atoms. The van der Waals surface area contributed by atoms with Crippen LogP contribution in [0.3, 0.4) is 0 Å². The van der Waals surface area contributed by atoms with Gasteiger partial charge in [0.2, 0.25) is 0 Å². The summed E-state index contributed by atoms with van der Waals surface area (Å²) < 4.78 is 56.1. The molecule has 0 heterocycles. The number of halogens is 3. The monoisotopic (exact) mass is 472 g/mol. The van der Waals surface area contributed by atoms with Crippen molar-refractivity contribution >= 4 is 18.8 Å². The topological polar surface area (TPSA) is 27.7 Å². The Labute approximate surface area is 192 Å². The van der Waals surface area contributed by atoms with Crippen molar-refractivity contribution in [2.75, 3.05) is 27.1 Å². The van der Waals surface area contributed by atoms with Crippen molar-refractivity contribution in [1.82, 2.24) is 0 Å². The van der Waals surface area contributed by atoms with Gasteiger partial charge in [-0.05, 0) is 23.3 Å². The summed E-state index contributed by atoms with van der Waals surface area (Å²) in [5.74, 6) is 0. The van der Waals surface area contributed by atoms with Gasteiger partial charge in [0.15, 0.2) is 0 Å². The second-order valence-electron chi connectivity index (χ2n) is 7.71. The summed E-state index contributed by atoms with van der Waals surface area (Å²) in [4.78, 5) is 0. The van der Waals surface area contributed by atoms with Crippen LogP contribution in [0.15, 0.2) is 96.6 Å². The summed E-state index contributed by atoms with van der Waals surface area (Å²) in [5, 5.41) is 2.19. The van der Waals surface area contributed by atoms with Gasteiger partial charge in [0.1, 0.15) is 6.79 Å². The summed E-state index contributed by atoms with van der Waals surface area (Å²) in [6.45, 7) is 0.734. The van der Waals surface area contributed by atoms with E-state index in [0.717, 1.165) is 33.9 Å². The van der Waals surface area contributed by atoms with E-state index in [-0.39, 0.29) is 13.4 Å². The number of ether oxygens (including phenoxy) is 2. The molecule has 0 radical (unpaired) electrons. The first-order valence-corrected chi connectivity index (χ1v) is 11.7. The van der Waals surface area contributed by atoms with Crippen LogP contribution >= 0.6 is 8.15 Å². The Morgan fingerprint density at radius 2 is 1.39 bits per heavy atom. The second-order valence-corrected chi connectivity index (χ2v) is 9.59.